The summed E-state index contributed by atoms with van der Waals surface area (Å²) in [6, 6.07) is 4.54. The molecule has 0 unspecified atom stereocenters. The van der Waals surface area contributed by atoms with Crippen LogP contribution < -0.4 is 0 Å². The number of benzene rings is 1. The second-order valence-corrected chi connectivity index (χ2v) is 7.12. The molecule has 0 saturated carbocycles. The van der Waals surface area contributed by atoms with Crippen molar-refractivity contribution >= 4 is 16.0 Å². The quantitative estimate of drug-likeness (QED) is 0.848. The van der Waals surface area contributed by atoms with E-state index in [1.54, 1.807) is 0 Å². The Morgan fingerprint density at radius 1 is 1.26 bits per heavy atom. The summed E-state index contributed by atoms with van der Waals surface area (Å²) in [5, 5.41) is 8.55. The Labute approximate surface area is 132 Å². The number of nitrogens with zero attached hydrogens (tertiary/aromatic N) is 1. The molecule has 0 atom stereocenters. The molecule has 0 amide bonds. The number of rotatable bonds is 6. The maximum Gasteiger partial charge on any atom is 0.329 e. The number of carboxylic acid groups (broad SMARTS) is 1. The molecule has 0 bridgehead atoms. The lowest BCUT2D eigenvalue weighted by Crippen LogP contribution is -2.41. The van der Waals surface area contributed by atoms with Crippen LogP contribution in [-0.4, -0.2) is 49.6 Å². The minimum absolute atomic E-state index is 0.0354. The highest BCUT2D eigenvalue weighted by Gasteiger charge is 2.30. The van der Waals surface area contributed by atoms with Crippen molar-refractivity contribution in [2.45, 2.75) is 30.3 Å². The summed E-state index contributed by atoms with van der Waals surface area (Å²) >= 11 is 0. The van der Waals surface area contributed by atoms with Gasteiger partial charge in [0.15, 0.2) is 0 Å². The average Bonchev–Trinajstić information content (AvgIpc) is 2.53. The molecule has 1 aromatic rings. The Morgan fingerprint density at radius 2 is 1.83 bits per heavy atom. The monoisotopic (exact) mass is 349 g/mol. The fourth-order valence-corrected chi connectivity index (χ4v) is 3.83. The van der Waals surface area contributed by atoms with Crippen LogP contribution in [0.4, 0.5) is 8.78 Å². The van der Waals surface area contributed by atoms with Gasteiger partial charge in [0.05, 0.1) is 11.0 Å². The van der Waals surface area contributed by atoms with Gasteiger partial charge in [0.25, 0.3) is 6.43 Å². The van der Waals surface area contributed by atoms with Gasteiger partial charge in [0, 0.05) is 18.7 Å². The van der Waals surface area contributed by atoms with Crippen molar-refractivity contribution in [2.24, 2.45) is 0 Å². The van der Waals surface area contributed by atoms with E-state index in [4.69, 9.17) is 9.84 Å². The Kier molecular flexibility index (Phi) is 5.66. The van der Waals surface area contributed by atoms with Crippen molar-refractivity contribution in [2.75, 3.05) is 19.7 Å². The number of ether oxygens (including phenoxy) is 1. The molecule has 1 heterocycles. The predicted octanol–water partition coefficient (Wildman–Crippen LogP) is 1.88. The highest BCUT2D eigenvalue weighted by Crippen LogP contribution is 2.24. The van der Waals surface area contributed by atoms with E-state index < -0.39 is 29.0 Å². The number of halogens is 2. The lowest BCUT2D eigenvalue weighted by Gasteiger charge is -2.30. The smallest absolute Gasteiger partial charge is 0.329 e. The SMILES string of the molecule is O=C(O)COC1CCN(S(=O)(=O)c2ccc(C(F)F)cc2)CC1. The van der Waals surface area contributed by atoms with E-state index in [9.17, 15) is 22.0 Å². The average molecular weight is 349 g/mol. The summed E-state index contributed by atoms with van der Waals surface area (Å²) in [4.78, 5) is 10.4. The van der Waals surface area contributed by atoms with E-state index in [0.29, 0.717) is 12.8 Å². The Bertz CT molecular complexity index is 640. The van der Waals surface area contributed by atoms with Crippen LogP contribution in [0.15, 0.2) is 29.2 Å². The van der Waals surface area contributed by atoms with Gasteiger partial charge >= 0.3 is 5.97 Å². The highest BCUT2D eigenvalue weighted by atomic mass is 32.2. The lowest BCUT2D eigenvalue weighted by atomic mass is 10.1. The van der Waals surface area contributed by atoms with Gasteiger partial charge in [0.2, 0.25) is 10.0 Å². The molecule has 0 aromatic heterocycles. The molecular weight excluding hydrogens is 332 g/mol. The molecule has 1 aliphatic heterocycles. The fraction of sp³-hybridized carbons (Fsp3) is 0.500. The Morgan fingerprint density at radius 3 is 2.30 bits per heavy atom. The van der Waals surface area contributed by atoms with E-state index in [2.05, 4.69) is 0 Å². The zero-order chi connectivity index (χ0) is 17.0. The molecule has 0 aliphatic carbocycles. The topological polar surface area (TPSA) is 83.9 Å². The van der Waals surface area contributed by atoms with E-state index in [0.717, 1.165) is 12.1 Å². The standard InChI is InChI=1S/C14H17F2NO5S/c15-14(16)10-1-3-12(4-2-10)23(20,21)17-7-5-11(6-8-17)22-9-13(18)19/h1-4,11,14H,5-9H2,(H,18,19). The number of aliphatic carboxylic acids is 1. The summed E-state index contributed by atoms with van der Waals surface area (Å²) in [6.07, 6.45) is -2.16. The van der Waals surface area contributed by atoms with Crippen molar-refractivity contribution < 1.29 is 31.8 Å². The van der Waals surface area contributed by atoms with Gasteiger partial charge in [-0.2, -0.15) is 4.31 Å². The Balaban J connectivity index is 2.00. The molecule has 0 radical (unpaired) electrons. The summed E-state index contributed by atoms with van der Waals surface area (Å²) in [5.41, 5.74) is -0.232. The fourth-order valence-electron chi connectivity index (χ4n) is 2.36. The van der Waals surface area contributed by atoms with Gasteiger partial charge in [-0.1, -0.05) is 12.1 Å². The maximum atomic E-state index is 12.5. The van der Waals surface area contributed by atoms with Crippen LogP contribution in [0.2, 0.25) is 0 Å². The molecule has 23 heavy (non-hydrogen) atoms. The van der Waals surface area contributed by atoms with E-state index in [-0.39, 0.29) is 29.7 Å². The minimum Gasteiger partial charge on any atom is -0.480 e. The molecule has 1 saturated heterocycles. The van der Waals surface area contributed by atoms with Crippen LogP contribution in [0.1, 0.15) is 24.8 Å². The van der Waals surface area contributed by atoms with E-state index >= 15 is 0 Å². The molecule has 1 aromatic carbocycles. The second kappa shape index (κ2) is 7.33. The van der Waals surface area contributed by atoms with Gasteiger partial charge in [-0.15, -0.1) is 0 Å². The number of piperidine rings is 1. The molecule has 128 valence electrons. The van der Waals surface area contributed by atoms with Crippen molar-refractivity contribution in [3.8, 4) is 0 Å². The third kappa shape index (κ3) is 4.46. The summed E-state index contributed by atoms with van der Waals surface area (Å²) < 4.78 is 56.3. The highest BCUT2D eigenvalue weighted by molar-refractivity contribution is 7.89. The number of hydrogen-bond acceptors (Lipinski definition) is 4. The molecule has 6 nitrogen and oxygen atoms in total. The molecule has 1 fully saturated rings. The number of hydrogen-bond donors (Lipinski definition) is 1. The minimum atomic E-state index is -3.74. The number of sulfonamides is 1. The number of carboxylic acids is 1. The third-order valence-electron chi connectivity index (χ3n) is 3.61. The number of carbonyl (C=O) groups is 1. The molecule has 9 heteroatoms. The first-order chi connectivity index (χ1) is 10.8. The van der Waals surface area contributed by atoms with Gasteiger partial charge in [0.1, 0.15) is 6.61 Å². The molecular formula is C14H17F2NO5S. The first-order valence-electron chi connectivity index (χ1n) is 7.02. The third-order valence-corrected chi connectivity index (χ3v) is 5.53. The van der Waals surface area contributed by atoms with Gasteiger partial charge in [-0.05, 0) is 25.0 Å². The summed E-state index contributed by atoms with van der Waals surface area (Å²) in [5.74, 6) is -1.07. The summed E-state index contributed by atoms with van der Waals surface area (Å²) in [7, 11) is -3.74. The van der Waals surface area contributed by atoms with Crippen molar-refractivity contribution in [1.82, 2.24) is 4.31 Å². The summed E-state index contributed by atoms with van der Waals surface area (Å²) in [6.45, 7) is -0.0149. The van der Waals surface area contributed by atoms with E-state index in [1.165, 1.54) is 16.4 Å². The van der Waals surface area contributed by atoms with Crippen LogP contribution in [-0.2, 0) is 19.6 Å². The van der Waals surface area contributed by atoms with Crippen LogP contribution in [0.25, 0.3) is 0 Å². The normalized spacial score (nSPS) is 17.5. The van der Waals surface area contributed by atoms with Crippen LogP contribution in [0.3, 0.4) is 0 Å². The van der Waals surface area contributed by atoms with Crippen LogP contribution >= 0.6 is 0 Å². The first kappa shape index (κ1) is 17.8. The largest absolute Gasteiger partial charge is 0.480 e. The maximum absolute atomic E-state index is 12.5. The predicted molar refractivity (Wildman–Crippen MR) is 76.8 cm³/mol. The molecule has 1 aliphatic rings. The van der Waals surface area contributed by atoms with Crippen LogP contribution in [0.5, 0.6) is 0 Å². The zero-order valence-electron chi connectivity index (χ0n) is 12.2. The number of alkyl halides is 2. The van der Waals surface area contributed by atoms with Crippen molar-refractivity contribution in [3.63, 3.8) is 0 Å². The van der Waals surface area contributed by atoms with Gasteiger partial charge in [-0.3, -0.25) is 0 Å². The Hall–Kier alpha value is -1.58. The van der Waals surface area contributed by atoms with Crippen molar-refractivity contribution in [1.29, 1.82) is 0 Å². The molecule has 2 rings (SSSR count). The van der Waals surface area contributed by atoms with Crippen molar-refractivity contribution in [3.05, 3.63) is 29.8 Å². The second-order valence-electron chi connectivity index (χ2n) is 5.18. The van der Waals surface area contributed by atoms with Gasteiger partial charge in [-0.25, -0.2) is 22.0 Å². The molecule has 1 N–H and O–H groups in total. The molecule has 0 spiro atoms. The van der Waals surface area contributed by atoms with Gasteiger partial charge < -0.3 is 9.84 Å². The zero-order valence-corrected chi connectivity index (χ0v) is 13.0. The van der Waals surface area contributed by atoms with Crippen LogP contribution in [0, 0.1) is 0 Å². The lowest BCUT2D eigenvalue weighted by molar-refractivity contribution is -0.145. The first-order valence-corrected chi connectivity index (χ1v) is 8.46. The van der Waals surface area contributed by atoms with E-state index in [1.807, 2.05) is 0 Å².